The second-order valence-corrected chi connectivity index (χ2v) is 8.79. The summed E-state index contributed by atoms with van der Waals surface area (Å²) in [4.78, 5) is 26.8. The zero-order chi connectivity index (χ0) is 24.9. The topological polar surface area (TPSA) is 94.9 Å². The summed E-state index contributed by atoms with van der Waals surface area (Å²) < 4.78 is 18.6. The second kappa shape index (κ2) is 10.5. The molecule has 9 nitrogen and oxygen atoms in total. The van der Waals surface area contributed by atoms with Gasteiger partial charge < -0.3 is 24.4 Å². The molecule has 0 spiro atoms. The molecule has 0 saturated heterocycles. The quantitative estimate of drug-likeness (QED) is 0.505. The number of ether oxygens (including phenoxy) is 3. The highest BCUT2D eigenvalue weighted by molar-refractivity contribution is 5.94. The lowest BCUT2D eigenvalue weighted by Crippen LogP contribution is -2.34. The van der Waals surface area contributed by atoms with E-state index in [0.717, 1.165) is 16.9 Å². The van der Waals surface area contributed by atoms with E-state index in [1.165, 1.54) is 10.9 Å². The number of benzene rings is 2. The van der Waals surface area contributed by atoms with E-state index < -0.39 is 12.2 Å². The predicted octanol–water partition coefficient (Wildman–Crippen LogP) is 3.59. The van der Waals surface area contributed by atoms with Gasteiger partial charge in [-0.3, -0.25) is 14.3 Å². The van der Waals surface area contributed by atoms with Crippen molar-refractivity contribution in [1.82, 2.24) is 14.7 Å². The molecule has 0 bridgehead atoms. The molecule has 0 aliphatic carbocycles. The lowest BCUT2D eigenvalue weighted by atomic mass is 10.0. The summed E-state index contributed by atoms with van der Waals surface area (Å²) in [6.45, 7) is 6.98. The Labute approximate surface area is 204 Å². The summed E-state index contributed by atoms with van der Waals surface area (Å²) >= 11 is 0. The lowest BCUT2D eigenvalue weighted by Gasteiger charge is -2.17. The van der Waals surface area contributed by atoms with Crippen LogP contribution in [0.4, 0.5) is 5.69 Å². The summed E-state index contributed by atoms with van der Waals surface area (Å²) in [7, 11) is 1.71. The average molecular weight is 479 g/mol. The van der Waals surface area contributed by atoms with Gasteiger partial charge in [0.2, 0.25) is 5.91 Å². The molecular weight excluding hydrogens is 448 g/mol. The Kier molecular flexibility index (Phi) is 7.24. The van der Waals surface area contributed by atoms with Crippen LogP contribution in [-0.2, 0) is 16.1 Å². The van der Waals surface area contributed by atoms with Gasteiger partial charge in [-0.05, 0) is 31.0 Å². The summed E-state index contributed by atoms with van der Waals surface area (Å²) in [6.07, 6.45) is 1.98. The number of para-hydroxylation sites is 1. The van der Waals surface area contributed by atoms with Gasteiger partial charge in [0.25, 0.3) is 0 Å². The second-order valence-electron chi connectivity index (χ2n) is 8.79. The first-order valence-electron chi connectivity index (χ1n) is 11.5. The van der Waals surface area contributed by atoms with Crippen LogP contribution in [0, 0.1) is 6.92 Å². The zero-order valence-corrected chi connectivity index (χ0v) is 20.4. The lowest BCUT2D eigenvalue weighted by molar-refractivity contribution is -0.131. The molecule has 2 aromatic carbocycles. The van der Waals surface area contributed by atoms with Crippen molar-refractivity contribution in [3.05, 3.63) is 66.0 Å². The van der Waals surface area contributed by atoms with Gasteiger partial charge in [-0.15, -0.1) is 0 Å². The first-order valence-corrected chi connectivity index (χ1v) is 11.5. The van der Waals surface area contributed by atoms with E-state index >= 15 is 0 Å². The van der Waals surface area contributed by atoms with Crippen LogP contribution in [0.5, 0.6) is 17.2 Å². The molecule has 2 amide bonds. The summed E-state index contributed by atoms with van der Waals surface area (Å²) in [5.41, 5.74) is 2.59. The van der Waals surface area contributed by atoms with Gasteiger partial charge in [-0.25, -0.2) is 0 Å². The largest absolute Gasteiger partial charge is 0.492 e. The van der Waals surface area contributed by atoms with Gasteiger partial charge in [-0.2, -0.15) is 5.10 Å². The minimum Gasteiger partial charge on any atom is -0.492 e. The van der Waals surface area contributed by atoms with Crippen molar-refractivity contribution >= 4 is 17.5 Å². The smallest absolute Gasteiger partial charge is 0.322 e. The van der Waals surface area contributed by atoms with Gasteiger partial charge in [-0.1, -0.05) is 43.7 Å². The monoisotopic (exact) mass is 478 g/mol. The fourth-order valence-electron chi connectivity index (χ4n) is 3.59. The normalized spacial score (nSPS) is 14.1. The molecule has 0 saturated carbocycles. The molecular formula is C26H30N4O5. The number of rotatable bonds is 9. The number of nitrogens with zero attached hydrogens (tertiary/aromatic N) is 3. The van der Waals surface area contributed by atoms with E-state index in [0.29, 0.717) is 30.3 Å². The van der Waals surface area contributed by atoms with Gasteiger partial charge in [0.05, 0.1) is 18.4 Å². The predicted molar refractivity (Wildman–Crippen MR) is 131 cm³/mol. The Morgan fingerprint density at radius 1 is 1.17 bits per heavy atom. The van der Waals surface area contributed by atoms with Gasteiger partial charge >= 0.3 is 12.2 Å². The van der Waals surface area contributed by atoms with E-state index in [1.807, 2.05) is 43.3 Å². The van der Waals surface area contributed by atoms with E-state index in [4.69, 9.17) is 14.2 Å². The van der Waals surface area contributed by atoms with Crippen LogP contribution in [-0.4, -0.2) is 53.0 Å². The SMILES string of the molecule is Cc1ccc(OCCN(C)C(=O)Cn2cc(NC(=O)C3Oc4cccc(C(C)C)c4O3)cn2)cc1. The Balaban J connectivity index is 1.25. The highest BCUT2D eigenvalue weighted by Gasteiger charge is 2.33. The van der Waals surface area contributed by atoms with E-state index in [-0.39, 0.29) is 18.4 Å². The van der Waals surface area contributed by atoms with Crippen LogP contribution in [0.3, 0.4) is 0 Å². The first-order chi connectivity index (χ1) is 16.8. The molecule has 4 rings (SSSR count). The van der Waals surface area contributed by atoms with Gasteiger partial charge in [0.1, 0.15) is 18.9 Å². The fraction of sp³-hybridized carbons (Fsp3) is 0.346. The highest BCUT2D eigenvalue weighted by atomic mass is 16.7. The fourth-order valence-corrected chi connectivity index (χ4v) is 3.59. The van der Waals surface area contributed by atoms with Crippen molar-refractivity contribution in [2.45, 2.75) is 39.5 Å². The van der Waals surface area contributed by atoms with Crippen molar-refractivity contribution in [2.75, 3.05) is 25.5 Å². The molecule has 1 aliphatic heterocycles. The molecule has 184 valence electrons. The van der Waals surface area contributed by atoms with E-state index in [1.54, 1.807) is 24.2 Å². The van der Waals surface area contributed by atoms with Crippen molar-refractivity contribution in [1.29, 1.82) is 0 Å². The van der Waals surface area contributed by atoms with Crippen LogP contribution in [0.1, 0.15) is 30.9 Å². The molecule has 1 aliphatic rings. The first kappa shape index (κ1) is 24.1. The minimum atomic E-state index is -1.09. The van der Waals surface area contributed by atoms with Gasteiger partial charge in [0.15, 0.2) is 11.5 Å². The standard InChI is InChI=1S/C26H30N4O5/c1-17(2)21-6-5-7-22-24(21)35-26(34-22)25(32)28-19-14-27-30(15-19)16-23(31)29(4)12-13-33-20-10-8-18(3)9-11-20/h5-11,14-15,17,26H,12-13,16H2,1-4H3,(H,28,32). The molecule has 1 unspecified atom stereocenters. The number of aromatic nitrogens is 2. The van der Waals surface area contributed by atoms with Crippen LogP contribution < -0.4 is 19.5 Å². The van der Waals surface area contributed by atoms with E-state index in [9.17, 15) is 9.59 Å². The number of amides is 2. The Hall–Kier alpha value is -4.01. The number of carbonyl (C=O) groups excluding carboxylic acids is 2. The summed E-state index contributed by atoms with van der Waals surface area (Å²) in [5.74, 6) is 1.57. The number of anilines is 1. The number of likely N-dealkylation sites (N-methyl/N-ethyl adjacent to an activating group) is 1. The number of aryl methyl sites for hydroxylation is 1. The maximum atomic E-state index is 12.7. The molecule has 0 fully saturated rings. The number of carbonyl (C=O) groups is 2. The van der Waals surface area contributed by atoms with Crippen molar-refractivity contribution in [3.8, 4) is 17.2 Å². The summed E-state index contributed by atoms with van der Waals surface area (Å²) in [6, 6.07) is 13.4. The number of fused-ring (bicyclic) bond motifs is 1. The third kappa shape index (κ3) is 5.92. The third-order valence-corrected chi connectivity index (χ3v) is 5.64. The van der Waals surface area contributed by atoms with Crippen LogP contribution >= 0.6 is 0 Å². The molecule has 1 N–H and O–H groups in total. The zero-order valence-electron chi connectivity index (χ0n) is 20.4. The summed E-state index contributed by atoms with van der Waals surface area (Å²) in [5, 5.41) is 6.90. The van der Waals surface area contributed by atoms with Crippen molar-refractivity contribution in [3.63, 3.8) is 0 Å². The van der Waals surface area contributed by atoms with Crippen molar-refractivity contribution in [2.24, 2.45) is 0 Å². The minimum absolute atomic E-state index is 0.0382. The number of nitrogens with one attached hydrogen (secondary N) is 1. The number of hydrogen-bond acceptors (Lipinski definition) is 6. The van der Waals surface area contributed by atoms with Gasteiger partial charge in [0, 0.05) is 18.8 Å². The Bertz CT molecular complexity index is 1190. The Morgan fingerprint density at radius 3 is 2.69 bits per heavy atom. The average Bonchev–Trinajstić information content (AvgIpc) is 3.46. The number of hydrogen-bond donors (Lipinski definition) is 1. The molecule has 9 heteroatoms. The van der Waals surface area contributed by atoms with Crippen LogP contribution in [0.15, 0.2) is 54.9 Å². The van der Waals surface area contributed by atoms with Crippen LogP contribution in [0.2, 0.25) is 0 Å². The molecule has 1 aromatic heterocycles. The molecule has 0 radical (unpaired) electrons. The van der Waals surface area contributed by atoms with E-state index in [2.05, 4.69) is 24.3 Å². The maximum absolute atomic E-state index is 12.7. The molecule has 35 heavy (non-hydrogen) atoms. The Morgan fingerprint density at radius 2 is 1.94 bits per heavy atom. The van der Waals surface area contributed by atoms with Crippen molar-refractivity contribution < 1.29 is 23.8 Å². The van der Waals surface area contributed by atoms with Crippen LogP contribution in [0.25, 0.3) is 0 Å². The molecule has 2 heterocycles. The third-order valence-electron chi connectivity index (χ3n) is 5.64. The maximum Gasteiger partial charge on any atom is 0.322 e. The molecule has 3 aromatic rings. The highest BCUT2D eigenvalue weighted by Crippen LogP contribution is 2.41. The molecule has 1 atom stereocenters.